The molecule has 1 N–H and O–H groups in total. The highest BCUT2D eigenvalue weighted by molar-refractivity contribution is 9.10. The highest BCUT2D eigenvalue weighted by Crippen LogP contribution is 2.29. The van der Waals surface area contributed by atoms with Gasteiger partial charge < -0.3 is 0 Å². The van der Waals surface area contributed by atoms with E-state index in [0.29, 0.717) is 12.1 Å². The first-order chi connectivity index (χ1) is 13.3. The van der Waals surface area contributed by atoms with Crippen molar-refractivity contribution in [3.8, 4) is 0 Å². The number of aromatic nitrogens is 4. The van der Waals surface area contributed by atoms with Crippen LogP contribution in [0.25, 0.3) is 10.8 Å². The third-order valence-electron chi connectivity index (χ3n) is 4.29. The molecule has 3 rings (SSSR count). The number of hydrogen-bond donors (Lipinski definition) is 1. The molecule has 0 aliphatic carbocycles. The summed E-state index contributed by atoms with van der Waals surface area (Å²) >= 11 is 3.13. The van der Waals surface area contributed by atoms with Crippen molar-refractivity contribution < 1.29 is 13.6 Å². The average Bonchev–Trinajstić information content (AvgIpc) is 2.67. The number of halogens is 3. The predicted octanol–water partition coefficient (Wildman–Crippen LogP) is 3.38. The van der Waals surface area contributed by atoms with Crippen LogP contribution in [0.2, 0.25) is 0 Å². The molecule has 28 heavy (non-hydrogen) atoms. The topological polar surface area (TPSA) is 89.8 Å². The number of anilines is 1. The second-order valence-electron chi connectivity index (χ2n) is 6.21. The van der Waals surface area contributed by atoms with Gasteiger partial charge in [-0.15, -0.1) is 0 Å². The maximum Gasteiger partial charge on any atom is 0.275 e. The lowest BCUT2D eigenvalue weighted by molar-refractivity contribution is -0.117. The highest BCUT2D eigenvalue weighted by Gasteiger charge is 2.20. The summed E-state index contributed by atoms with van der Waals surface area (Å²) in [5.41, 5.74) is -0.203. The molecule has 0 saturated heterocycles. The zero-order valence-corrected chi connectivity index (χ0v) is 16.6. The van der Waals surface area contributed by atoms with Crippen LogP contribution in [0.15, 0.2) is 33.8 Å². The third-order valence-corrected chi connectivity index (χ3v) is 4.90. The molecule has 0 aliphatic heterocycles. The zero-order chi connectivity index (χ0) is 20.4. The molecule has 1 amide bonds. The van der Waals surface area contributed by atoms with Gasteiger partial charge in [-0.25, -0.2) is 23.4 Å². The van der Waals surface area contributed by atoms with Crippen LogP contribution in [0, 0.1) is 11.6 Å². The Hall–Kier alpha value is -2.75. The molecule has 0 radical (unpaired) electrons. The molecule has 146 valence electrons. The molecule has 0 fully saturated rings. The Kier molecular flexibility index (Phi) is 5.78. The standard InChI is InChI=1S/C18H16BrF2N5O2/c1-3-9(2)16-14-11(4-5-12(19)15(14)21)17(28)26(25-16)8-13(27)24-18-22-6-10(20)7-23-18/h4-7,9H,3,8H2,1-2H3,(H,22,23,24,27). The fourth-order valence-corrected chi connectivity index (χ4v) is 3.00. The minimum atomic E-state index is -0.642. The quantitative estimate of drug-likeness (QED) is 0.641. The smallest absolute Gasteiger partial charge is 0.275 e. The fraction of sp³-hybridized carbons (Fsp3) is 0.278. The van der Waals surface area contributed by atoms with Crippen LogP contribution in [0.5, 0.6) is 0 Å². The van der Waals surface area contributed by atoms with Crippen molar-refractivity contribution in [3.63, 3.8) is 0 Å². The van der Waals surface area contributed by atoms with Crippen molar-refractivity contribution in [2.24, 2.45) is 0 Å². The molecule has 1 atom stereocenters. The van der Waals surface area contributed by atoms with E-state index in [1.165, 1.54) is 12.1 Å². The van der Waals surface area contributed by atoms with Crippen molar-refractivity contribution in [1.82, 2.24) is 19.7 Å². The molecule has 1 aromatic carbocycles. The molecule has 0 spiro atoms. The Balaban J connectivity index is 2.02. The van der Waals surface area contributed by atoms with Crippen LogP contribution in [0.1, 0.15) is 31.9 Å². The van der Waals surface area contributed by atoms with Crippen LogP contribution in [-0.4, -0.2) is 25.7 Å². The molecule has 1 unspecified atom stereocenters. The van der Waals surface area contributed by atoms with Gasteiger partial charge in [0.15, 0.2) is 5.82 Å². The van der Waals surface area contributed by atoms with Gasteiger partial charge in [0.05, 0.1) is 27.9 Å². The molecular formula is C18H16BrF2N5O2. The van der Waals surface area contributed by atoms with E-state index in [-0.39, 0.29) is 27.1 Å². The average molecular weight is 452 g/mol. The Bertz CT molecular complexity index is 1100. The molecule has 2 heterocycles. The molecular weight excluding hydrogens is 436 g/mol. The summed E-state index contributed by atoms with van der Waals surface area (Å²) in [5.74, 6) is -2.06. The molecule has 3 aromatic rings. The van der Waals surface area contributed by atoms with Gasteiger partial charge in [0.25, 0.3) is 5.56 Å². The molecule has 0 aliphatic rings. The summed E-state index contributed by atoms with van der Waals surface area (Å²) in [7, 11) is 0. The van der Waals surface area contributed by atoms with Crippen LogP contribution in [0.3, 0.4) is 0 Å². The van der Waals surface area contributed by atoms with Gasteiger partial charge >= 0.3 is 0 Å². The Morgan fingerprint density at radius 3 is 2.61 bits per heavy atom. The number of carbonyl (C=O) groups is 1. The molecule has 0 bridgehead atoms. The normalized spacial score (nSPS) is 12.2. The fourth-order valence-electron chi connectivity index (χ4n) is 2.67. The zero-order valence-electron chi connectivity index (χ0n) is 15.0. The number of hydrogen-bond acceptors (Lipinski definition) is 5. The highest BCUT2D eigenvalue weighted by atomic mass is 79.9. The van der Waals surface area contributed by atoms with E-state index in [1.807, 2.05) is 13.8 Å². The molecule has 10 heteroatoms. The first kappa shape index (κ1) is 20.0. The van der Waals surface area contributed by atoms with E-state index in [0.717, 1.165) is 17.1 Å². The lowest BCUT2D eigenvalue weighted by atomic mass is 9.99. The van der Waals surface area contributed by atoms with E-state index in [4.69, 9.17) is 0 Å². The van der Waals surface area contributed by atoms with Crippen molar-refractivity contribution >= 4 is 38.6 Å². The summed E-state index contributed by atoms with van der Waals surface area (Å²) in [6.45, 7) is 3.36. The number of fused-ring (bicyclic) bond motifs is 1. The van der Waals surface area contributed by atoms with Crippen molar-refractivity contribution in [2.75, 3.05) is 5.32 Å². The van der Waals surface area contributed by atoms with Crippen molar-refractivity contribution in [2.45, 2.75) is 32.7 Å². The summed E-state index contributed by atoms with van der Waals surface area (Å²) < 4.78 is 28.8. The predicted molar refractivity (Wildman–Crippen MR) is 103 cm³/mol. The summed E-state index contributed by atoms with van der Waals surface area (Å²) in [5, 5.41) is 6.90. The summed E-state index contributed by atoms with van der Waals surface area (Å²) in [6, 6.07) is 2.94. The van der Waals surface area contributed by atoms with E-state index in [1.54, 1.807) is 0 Å². The number of carbonyl (C=O) groups excluding carboxylic acids is 1. The monoisotopic (exact) mass is 451 g/mol. The second-order valence-corrected chi connectivity index (χ2v) is 7.07. The first-order valence-electron chi connectivity index (χ1n) is 8.48. The van der Waals surface area contributed by atoms with E-state index in [9.17, 15) is 18.4 Å². The SMILES string of the molecule is CCC(C)c1nn(CC(=O)Nc2ncc(F)cn2)c(=O)c2ccc(Br)c(F)c12. The van der Waals surface area contributed by atoms with Gasteiger partial charge in [-0.1, -0.05) is 13.8 Å². The summed E-state index contributed by atoms with van der Waals surface area (Å²) in [4.78, 5) is 32.3. The number of rotatable bonds is 5. The number of nitrogens with one attached hydrogen (secondary N) is 1. The van der Waals surface area contributed by atoms with E-state index >= 15 is 0 Å². The molecule has 2 aromatic heterocycles. The van der Waals surface area contributed by atoms with Gasteiger partial charge in [0.1, 0.15) is 12.4 Å². The van der Waals surface area contributed by atoms with Crippen LogP contribution in [-0.2, 0) is 11.3 Å². The van der Waals surface area contributed by atoms with Crippen LogP contribution >= 0.6 is 15.9 Å². The van der Waals surface area contributed by atoms with E-state index < -0.39 is 29.6 Å². The van der Waals surface area contributed by atoms with Crippen LogP contribution in [0.4, 0.5) is 14.7 Å². The minimum absolute atomic E-state index is 0.0997. The Morgan fingerprint density at radius 1 is 1.29 bits per heavy atom. The van der Waals surface area contributed by atoms with Crippen molar-refractivity contribution in [1.29, 1.82) is 0 Å². The van der Waals surface area contributed by atoms with E-state index in [2.05, 4.69) is 36.3 Å². The number of benzene rings is 1. The second kappa shape index (κ2) is 8.09. The Morgan fingerprint density at radius 2 is 1.96 bits per heavy atom. The first-order valence-corrected chi connectivity index (χ1v) is 9.27. The largest absolute Gasteiger partial charge is 0.293 e. The van der Waals surface area contributed by atoms with Gasteiger partial charge in [0.2, 0.25) is 11.9 Å². The van der Waals surface area contributed by atoms with Gasteiger partial charge in [-0.3, -0.25) is 14.9 Å². The molecule has 0 saturated carbocycles. The lowest BCUT2D eigenvalue weighted by Crippen LogP contribution is -2.31. The Labute approximate surface area is 166 Å². The molecule has 7 nitrogen and oxygen atoms in total. The van der Waals surface area contributed by atoms with Gasteiger partial charge in [-0.2, -0.15) is 5.10 Å². The van der Waals surface area contributed by atoms with Crippen molar-refractivity contribution in [3.05, 3.63) is 56.7 Å². The maximum atomic E-state index is 14.7. The number of amides is 1. The van der Waals surface area contributed by atoms with Crippen LogP contribution < -0.4 is 10.9 Å². The lowest BCUT2D eigenvalue weighted by Gasteiger charge is -2.15. The van der Waals surface area contributed by atoms with Gasteiger partial charge in [0, 0.05) is 11.3 Å². The van der Waals surface area contributed by atoms with Gasteiger partial charge in [-0.05, 0) is 34.5 Å². The number of nitrogens with zero attached hydrogens (tertiary/aromatic N) is 4. The third kappa shape index (κ3) is 3.91. The maximum absolute atomic E-state index is 14.7. The summed E-state index contributed by atoms with van der Waals surface area (Å²) in [6.07, 6.45) is 2.48. The minimum Gasteiger partial charge on any atom is -0.293 e.